The first-order chi connectivity index (χ1) is 12.5. The van der Waals surface area contributed by atoms with E-state index in [1.54, 1.807) is 19.2 Å². The van der Waals surface area contributed by atoms with Gasteiger partial charge in [-0.1, -0.05) is 47.6 Å². The summed E-state index contributed by atoms with van der Waals surface area (Å²) in [7, 11) is -2.09. The normalized spacial score (nSPS) is 23.6. The maximum absolute atomic E-state index is 12.3. The lowest BCUT2D eigenvalue weighted by atomic mass is 10.2. The summed E-state index contributed by atoms with van der Waals surface area (Å²) in [5.74, 6) is 0. The lowest BCUT2D eigenvalue weighted by molar-refractivity contribution is 0.00606. The van der Waals surface area contributed by atoms with Gasteiger partial charge in [-0.25, -0.2) is 4.79 Å². The number of aromatic nitrogens is 2. The molecule has 0 radical (unpaired) electrons. The van der Waals surface area contributed by atoms with Gasteiger partial charge in [-0.05, 0) is 23.5 Å². The smallest absolute Gasteiger partial charge is 0.330 e. The number of aromatic amines is 1. The molecule has 27 heavy (non-hydrogen) atoms. The number of ether oxygens (including phenoxy) is 1. The minimum absolute atomic E-state index is 0.148. The Morgan fingerprint density at radius 3 is 2.26 bits per heavy atom. The SMILES string of the molecule is C=C[C@H]1O[C@@H](n2cc(C)c(=O)[nH]c2=O)C[C@@H]1O[Si](C(C)C)(C(C)C)C(C)C. The highest BCUT2D eigenvalue weighted by molar-refractivity contribution is 6.77. The highest BCUT2D eigenvalue weighted by Gasteiger charge is 2.49. The monoisotopic (exact) mass is 394 g/mol. The highest BCUT2D eigenvalue weighted by Crippen LogP contribution is 2.45. The summed E-state index contributed by atoms with van der Waals surface area (Å²) in [6.07, 6.45) is 2.98. The number of aryl methyl sites for hydroxylation is 1. The second-order valence-electron chi connectivity index (χ2n) is 8.48. The molecule has 3 atom stereocenters. The predicted molar refractivity (Wildman–Crippen MR) is 111 cm³/mol. The molecule has 2 rings (SSSR count). The fourth-order valence-corrected chi connectivity index (χ4v) is 10.2. The lowest BCUT2D eigenvalue weighted by Gasteiger charge is -2.44. The molecular weight excluding hydrogens is 360 g/mol. The van der Waals surface area contributed by atoms with Crippen LogP contribution in [0.3, 0.4) is 0 Å². The van der Waals surface area contributed by atoms with Crippen molar-refractivity contribution in [3.8, 4) is 0 Å². The molecule has 0 aromatic carbocycles. The molecule has 1 aliphatic heterocycles. The molecular formula is C20H34N2O4Si. The van der Waals surface area contributed by atoms with Crippen LogP contribution in [0.4, 0.5) is 0 Å². The van der Waals surface area contributed by atoms with E-state index >= 15 is 0 Å². The van der Waals surface area contributed by atoms with Gasteiger partial charge in [-0.2, -0.15) is 0 Å². The zero-order valence-electron chi connectivity index (χ0n) is 17.6. The minimum atomic E-state index is -2.09. The quantitative estimate of drug-likeness (QED) is 0.563. The van der Waals surface area contributed by atoms with Crippen LogP contribution in [0.1, 0.15) is 59.8 Å². The van der Waals surface area contributed by atoms with Crippen molar-refractivity contribution in [2.24, 2.45) is 0 Å². The zero-order valence-corrected chi connectivity index (χ0v) is 18.6. The standard InChI is InChI=1S/C20H34N2O4Si/c1-9-16-17(26-27(12(2)3,13(4)5)14(6)7)10-18(25-16)22-11-15(8)19(23)21-20(22)24/h9,11-14,16-18H,1,10H2,2-8H3,(H,21,23,24)/t16-,17+,18-/m1/s1. The first-order valence-electron chi connectivity index (χ1n) is 9.82. The Morgan fingerprint density at radius 1 is 1.22 bits per heavy atom. The van der Waals surface area contributed by atoms with Gasteiger partial charge in [0.1, 0.15) is 12.3 Å². The van der Waals surface area contributed by atoms with Crippen LogP contribution < -0.4 is 11.2 Å². The van der Waals surface area contributed by atoms with E-state index < -0.39 is 20.2 Å². The average Bonchev–Trinajstić information content (AvgIpc) is 2.97. The first-order valence-corrected chi connectivity index (χ1v) is 12.0. The van der Waals surface area contributed by atoms with Gasteiger partial charge in [0, 0.05) is 18.2 Å². The molecule has 152 valence electrons. The Morgan fingerprint density at radius 2 is 1.78 bits per heavy atom. The number of H-pyrrole nitrogens is 1. The van der Waals surface area contributed by atoms with Crippen LogP contribution in [-0.2, 0) is 9.16 Å². The molecule has 6 nitrogen and oxygen atoms in total. The van der Waals surface area contributed by atoms with Crippen LogP contribution in [0.25, 0.3) is 0 Å². The Bertz CT molecular complexity index is 759. The molecule has 0 bridgehead atoms. The molecule has 7 heteroatoms. The number of nitrogens with zero attached hydrogens (tertiary/aromatic N) is 1. The third-order valence-corrected chi connectivity index (χ3v) is 12.0. The summed E-state index contributed by atoms with van der Waals surface area (Å²) < 4.78 is 14.4. The fourth-order valence-electron chi connectivity index (χ4n) is 4.63. The highest BCUT2D eigenvalue weighted by atomic mass is 28.4. The van der Waals surface area contributed by atoms with Crippen LogP contribution in [0.15, 0.2) is 28.4 Å². The largest absolute Gasteiger partial charge is 0.410 e. The van der Waals surface area contributed by atoms with Crippen molar-refractivity contribution >= 4 is 8.32 Å². The summed E-state index contributed by atoms with van der Waals surface area (Å²) in [5.41, 5.74) is 1.03. The molecule has 2 heterocycles. The number of hydrogen-bond donors (Lipinski definition) is 1. The summed E-state index contributed by atoms with van der Waals surface area (Å²) in [6, 6.07) is 0. The van der Waals surface area contributed by atoms with E-state index in [-0.39, 0.29) is 17.8 Å². The first kappa shape index (κ1) is 21.9. The third kappa shape index (κ3) is 4.05. The fraction of sp³-hybridized carbons (Fsp3) is 0.700. The number of nitrogens with one attached hydrogen (secondary N) is 1. The Balaban J connectivity index is 2.36. The Hall–Kier alpha value is -1.44. The summed E-state index contributed by atoms with van der Waals surface area (Å²) in [4.78, 5) is 26.3. The number of hydrogen-bond acceptors (Lipinski definition) is 4. The topological polar surface area (TPSA) is 73.3 Å². The Kier molecular flexibility index (Phi) is 6.71. The molecule has 1 fully saturated rings. The molecule has 1 saturated heterocycles. The van der Waals surface area contributed by atoms with Gasteiger partial charge in [0.15, 0.2) is 0 Å². The Labute approximate surface area is 162 Å². The van der Waals surface area contributed by atoms with E-state index in [1.165, 1.54) is 4.57 Å². The van der Waals surface area contributed by atoms with E-state index in [4.69, 9.17) is 9.16 Å². The molecule has 1 N–H and O–H groups in total. The van der Waals surface area contributed by atoms with Crippen molar-refractivity contribution in [3.05, 3.63) is 45.3 Å². The van der Waals surface area contributed by atoms with Crippen molar-refractivity contribution in [3.63, 3.8) is 0 Å². The van der Waals surface area contributed by atoms with E-state index in [9.17, 15) is 9.59 Å². The third-order valence-electron chi connectivity index (χ3n) is 5.87. The second kappa shape index (κ2) is 8.28. The van der Waals surface area contributed by atoms with E-state index in [2.05, 4.69) is 53.1 Å². The van der Waals surface area contributed by atoms with Gasteiger partial charge in [-0.15, -0.1) is 6.58 Å². The van der Waals surface area contributed by atoms with Crippen LogP contribution >= 0.6 is 0 Å². The molecule has 1 aromatic rings. The van der Waals surface area contributed by atoms with E-state index in [1.807, 2.05) is 0 Å². The van der Waals surface area contributed by atoms with Crippen molar-refractivity contribution in [1.29, 1.82) is 0 Å². The van der Waals surface area contributed by atoms with Crippen LogP contribution in [0.5, 0.6) is 0 Å². The molecule has 1 aliphatic rings. The van der Waals surface area contributed by atoms with Gasteiger partial charge in [-0.3, -0.25) is 14.3 Å². The van der Waals surface area contributed by atoms with E-state index in [0.717, 1.165) is 0 Å². The maximum Gasteiger partial charge on any atom is 0.330 e. The van der Waals surface area contributed by atoms with Gasteiger partial charge < -0.3 is 9.16 Å². The van der Waals surface area contributed by atoms with Crippen molar-refractivity contribution < 1.29 is 9.16 Å². The van der Waals surface area contributed by atoms with Crippen molar-refractivity contribution in [1.82, 2.24) is 9.55 Å². The van der Waals surface area contributed by atoms with Crippen molar-refractivity contribution in [2.45, 2.75) is 89.9 Å². The van der Waals surface area contributed by atoms with Gasteiger partial charge in [0.25, 0.3) is 5.56 Å². The zero-order chi connectivity index (χ0) is 20.5. The van der Waals surface area contributed by atoms with Gasteiger partial charge in [0.05, 0.1) is 6.10 Å². The minimum Gasteiger partial charge on any atom is -0.410 e. The average molecular weight is 395 g/mol. The van der Waals surface area contributed by atoms with Gasteiger partial charge >= 0.3 is 5.69 Å². The number of rotatable bonds is 7. The summed E-state index contributed by atoms with van der Waals surface area (Å²) in [6.45, 7) is 19.1. The van der Waals surface area contributed by atoms with Crippen LogP contribution in [0, 0.1) is 6.92 Å². The van der Waals surface area contributed by atoms with Crippen LogP contribution in [0.2, 0.25) is 16.6 Å². The van der Waals surface area contributed by atoms with E-state index in [0.29, 0.717) is 28.6 Å². The summed E-state index contributed by atoms with van der Waals surface area (Å²) >= 11 is 0. The molecule has 1 aromatic heterocycles. The second-order valence-corrected chi connectivity index (χ2v) is 13.9. The molecule has 0 unspecified atom stereocenters. The summed E-state index contributed by atoms with van der Waals surface area (Å²) in [5, 5.41) is 0. The molecule has 0 saturated carbocycles. The van der Waals surface area contributed by atoms with Gasteiger partial charge in [0.2, 0.25) is 8.32 Å². The molecule has 0 amide bonds. The molecule has 0 aliphatic carbocycles. The lowest BCUT2D eigenvalue weighted by Crippen LogP contribution is -2.51. The molecule has 0 spiro atoms. The maximum atomic E-state index is 12.3. The predicted octanol–water partition coefficient (Wildman–Crippen LogP) is 3.88. The van der Waals surface area contributed by atoms with Crippen molar-refractivity contribution in [2.75, 3.05) is 0 Å². The van der Waals surface area contributed by atoms with Crippen LogP contribution in [-0.4, -0.2) is 30.1 Å².